The molecule has 1 fully saturated rings. The average Bonchev–Trinajstić information content (AvgIpc) is 3.00. The van der Waals surface area contributed by atoms with E-state index in [-0.39, 0.29) is 11.3 Å². The Kier molecular flexibility index (Phi) is 4.41. The van der Waals surface area contributed by atoms with Crippen LogP contribution in [0.5, 0.6) is 6.01 Å². The van der Waals surface area contributed by atoms with Crippen molar-refractivity contribution >= 4 is 29.2 Å². The predicted octanol–water partition coefficient (Wildman–Crippen LogP) is 3.36. The molecular weight excluding hydrogens is 311 g/mol. The van der Waals surface area contributed by atoms with Gasteiger partial charge in [0.15, 0.2) is 0 Å². The van der Waals surface area contributed by atoms with Crippen LogP contribution in [0, 0.1) is 0 Å². The average molecular weight is 325 g/mol. The summed E-state index contributed by atoms with van der Waals surface area (Å²) < 4.78 is 5.60. The lowest BCUT2D eigenvalue weighted by Gasteiger charge is -2.15. The summed E-state index contributed by atoms with van der Waals surface area (Å²) in [6.07, 6.45) is 2.28. The highest BCUT2D eigenvalue weighted by atomic mass is 35.5. The highest BCUT2D eigenvalue weighted by Gasteiger charge is 2.17. The smallest absolute Gasteiger partial charge is 0.322 e. The molecule has 0 bridgehead atoms. The molecule has 1 aromatic carbocycles. The molecule has 0 N–H and O–H groups in total. The van der Waals surface area contributed by atoms with Crippen molar-refractivity contribution in [3.8, 4) is 6.01 Å². The van der Waals surface area contributed by atoms with Gasteiger partial charge in [0, 0.05) is 23.7 Å². The molecule has 0 atom stereocenters. The summed E-state index contributed by atoms with van der Waals surface area (Å²) in [5, 5.41) is 0.790. The lowest BCUT2D eigenvalue weighted by molar-refractivity contribution is 0.280. The van der Waals surface area contributed by atoms with Crippen LogP contribution in [0.25, 0.3) is 0 Å². The molecule has 3 rings (SSSR count). The van der Waals surface area contributed by atoms with Gasteiger partial charge in [-0.1, -0.05) is 29.8 Å². The number of hydrogen-bond donors (Lipinski definition) is 0. The highest BCUT2D eigenvalue weighted by molar-refractivity contribution is 6.31. The van der Waals surface area contributed by atoms with E-state index in [0.717, 1.165) is 31.5 Å². The molecule has 21 heavy (non-hydrogen) atoms. The fraction of sp³-hybridized carbons (Fsp3) is 0.357. The Balaban J connectivity index is 1.74. The van der Waals surface area contributed by atoms with Crippen molar-refractivity contribution in [2.24, 2.45) is 0 Å². The summed E-state index contributed by atoms with van der Waals surface area (Å²) >= 11 is 12.0. The van der Waals surface area contributed by atoms with Crippen LogP contribution in [-0.4, -0.2) is 28.0 Å². The van der Waals surface area contributed by atoms with Crippen molar-refractivity contribution in [3.05, 3.63) is 40.1 Å². The van der Waals surface area contributed by atoms with Crippen molar-refractivity contribution in [1.82, 2.24) is 15.0 Å². The molecule has 2 aromatic rings. The van der Waals surface area contributed by atoms with Crippen LogP contribution in [0.4, 0.5) is 5.95 Å². The molecule has 1 aliphatic heterocycles. The van der Waals surface area contributed by atoms with E-state index in [1.807, 2.05) is 24.3 Å². The summed E-state index contributed by atoms with van der Waals surface area (Å²) in [4.78, 5) is 14.5. The van der Waals surface area contributed by atoms with Gasteiger partial charge in [0.2, 0.25) is 11.2 Å². The lowest BCUT2D eigenvalue weighted by atomic mass is 10.2. The minimum atomic E-state index is 0.140. The monoisotopic (exact) mass is 324 g/mol. The standard InChI is InChI=1S/C14H14Cl2N4O/c15-11-6-2-1-5-10(11)9-21-14-18-12(16)17-13(19-14)20-7-3-4-8-20/h1-2,5-6H,3-4,7-9H2. The number of nitrogens with zero attached hydrogens (tertiary/aromatic N) is 4. The molecule has 7 heteroatoms. The molecule has 5 nitrogen and oxygen atoms in total. The Morgan fingerprint density at radius 2 is 1.81 bits per heavy atom. The van der Waals surface area contributed by atoms with Gasteiger partial charge in [0.25, 0.3) is 0 Å². The van der Waals surface area contributed by atoms with Gasteiger partial charge in [-0.3, -0.25) is 0 Å². The fourth-order valence-electron chi connectivity index (χ4n) is 2.20. The number of hydrogen-bond acceptors (Lipinski definition) is 5. The number of aromatic nitrogens is 3. The van der Waals surface area contributed by atoms with E-state index in [4.69, 9.17) is 27.9 Å². The first kappa shape index (κ1) is 14.4. The van der Waals surface area contributed by atoms with Crippen LogP contribution in [0.2, 0.25) is 10.3 Å². The summed E-state index contributed by atoms with van der Waals surface area (Å²) in [6, 6.07) is 7.71. The zero-order valence-electron chi connectivity index (χ0n) is 11.3. The molecule has 1 saturated heterocycles. The zero-order chi connectivity index (χ0) is 14.7. The van der Waals surface area contributed by atoms with E-state index in [1.54, 1.807) is 0 Å². The Labute approximate surface area is 132 Å². The van der Waals surface area contributed by atoms with E-state index < -0.39 is 0 Å². The molecule has 0 radical (unpaired) electrons. The normalized spacial score (nSPS) is 14.5. The molecule has 0 unspecified atom stereocenters. The third kappa shape index (κ3) is 3.54. The molecule has 1 aromatic heterocycles. The second-order valence-electron chi connectivity index (χ2n) is 4.76. The summed E-state index contributed by atoms with van der Waals surface area (Å²) in [6.45, 7) is 2.16. The van der Waals surface area contributed by atoms with Crippen LogP contribution >= 0.6 is 23.2 Å². The number of halogens is 2. The van der Waals surface area contributed by atoms with Gasteiger partial charge in [-0.15, -0.1) is 0 Å². The van der Waals surface area contributed by atoms with E-state index in [9.17, 15) is 0 Å². The number of benzene rings is 1. The quantitative estimate of drug-likeness (QED) is 0.863. The Bertz CT molecular complexity index is 632. The maximum Gasteiger partial charge on any atom is 0.322 e. The first-order valence-corrected chi connectivity index (χ1v) is 7.51. The predicted molar refractivity (Wildman–Crippen MR) is 82.1 cm³/mol. The molecular formula is C14H14Cl2N4O. The summed E-state index contributed by atoms with van der Waals surface area (Å²) in [5.74, 6) is 0.571. The number of ether oxygens (including phenoxy) is 1. The Hall–Kier alpha value is -1.59. The topological polar surface area (TPSA) is 51.1 Å². The second-order valence-corrected chi connectivity index (χ2v) is 5.51. The lowest BCUT2D eigenvalue weighted by Crippen LogP contribution is -2.21. The third-order valence-electron chi connectivity index (χ3n) is 3.28. The zero-order valence-corrected chi connectivity index (χ0v) is 12.8. The Morgan fingerprint density at radius 3 is 2.57 bits per heavy atom. The SMILES string of the molecule is Clc1nc(OCc2ccccc2Cl)nc(N2CCCC2)n1. The third-order valence-corrected chi connectivity index (χ3v) is 3.82. The van der Waals surface area contributed by atoms with Gasteiger partial charge >= 0.3 is 6.01 Å². The fourth-order valence-corrected chi connectivity index (χ4v) is 2.54. The molecule has 110 valence electrons. The largest absolute Gasteiger partial charge is 0.458 e. The minimum Gasteiger partial charge on any atom is -0.458 e. The van der Waals surface area contributed by atoms with Gasteiger partial charge < -0.3 is 9.64 Å². The van der Waals surface area contributed by atoms with Gasteiger partial charge in [-0.25, -0.2) is 0 Å². The molecule has 0 aliphatic carbocycles. The maximum atomic E-state index is 6.09. The molecule has 1 aliphatic rings. The van der Waals surface area contributed by atoms with Gasteiger partial charge in [0.1, 0.15) is 6.61 Å². The van der Waals surface area contributed by atoms with Crippen molar-refractivity contribution in [2.45, 2.75) is 19.4 Å². The van der Waals surface area contributed by atoms with Gasteiger partial charge in [-0.2, -0.15) is 15.0 Å². The van der Waals surface area contributed by atoms with Crippen LogP contribution in [-0.2, 0) is 6.61 Å². The first-order chi connectivity index (χ1) is 10.2. The highest BCUT2D eigenvalue weighted by Crippen LogP contribution is 2.21. The van der Waals surface area contributed by atoms with E-state index in [1.165, 1.54) is 0 Å². The van der Waals surface area contributed by atoms with Crippen LogP contribution in [0.1, 0.15) is 18.4 Å². The van der Waals surface area contributed by atoms with Crippen molar-refractivity contribution < 1.29 is 4.74 Å². The maximum absolute atomic E-state index is 6.09. The van der Waals surface area contributed by atoms with Gasteiger partial charge in [0.05, 0.1) is 0 Å². The molecule has 2 heterocycles. The molecule has 0 spiro atoms. The van der Waals surface area contributed by atoms with E-state index in [2.05, 4.69) is 19.9 Å². The number of rotatable bonds is 4. The van der Waals surface area contributed by atoms with Crippen molar-refractivity contribution in [3.63, 3.8) is 0 Å². The van der Waals surface area contributed by atoms with Crippen LogP contribution < -0.4 is 9.64 Å². The van der Waals surface area contributed by atoms with Crippen molar-refractivity contribution in [1.29, 1.82) is 0 Å². The van der Waals surface area contributed by atoms with E-state index in [0.29, 0.717) is 17.6 Å². The summed E-state index contributed by atoms with van der Waals surface area (Å²) in [5.41, 5.74) is 0.874. The second kappa shape index (κ2) is 6.45. The first-order valence-electron chi connectivity index (χ1n) is 6.75. The molecule has 0 amide bonds. The Morgan fingerprint density at radius 1 is 1.05 bits per heavy atom. The van der Waals surface area contributed by atoms with Crippen LogP contribution in [0.3, 0.4) is 0 Å². The molecule has 0 saturated carbocycles. The van der Waals surface area contributed by atoms with Crippen LogP contribution in [0.15, 0.2) is 24.3 Å². The summed E-state index contributed by atoms with van der Waals surface area (Å²) in [7, 11) is 0. The minimum absolute atomic E-state index is 0.140. The number of anilines is 1. The van der Waals surface area contributed by atoms with Gasteiger partial charge in [-0.05, 0) is 30.5 Å². The van der Waals surface area contributed by atoms with Crippen molar-refractivity contribution in [2.75, 3.05) is 18.0 Å². The van der Waals surface area contributed by atoms with E-state index >= 15 is 0 Å².